The molecule has 2 rings (SSSR count). The second-order valence-electron chi connectivity index (χ2n) is 6.74. The molecule has 2 aliphatic rings. The van der Waals surface area contributed by atoms with Crippen LogP contribution in [0, 0.1) is 11.3 Å². The molecule has 3 atom stereocenters. The fourth-order valence-corrected chi connectivity index (χ4v) is 2.82. The molecule has 0 aromatic carbocycles. The van der Waals surface area contributed by atoms with Crippen molar-refractivity contribution in [3.8, 4) is 0 Å². The topological polar surface area (TPSA) is 62.2 Å². The van der Waals surface area contributed by atoms with E-state index in [1.54, 1.807) is 0 Å². The smallest absolute Gasteiger partial charge is 0.0831 e. The minimum Gasteiger partial charge on any atom is -0.396 e. The normalized spacial score (nSPS) is 34.0. The molecule has 0 amide bonds. The quantitative estimate of drug-likeness (QED) is 0.765. The van der Waals surface area contributed by atoms with Crippen LogP contribution in [0.15, 0.2) is 0 Å². The Morgan fingerprint density at radius 3 is 2.33 bits per heavy atom. The van der Waals surface area contributed by atoms with Gasteiger partial charge in [0, 0.05) is 11.3 Å². The first-order valence-corrected chi connectivity index (χ1v) is 6.59. The van der Waals surface area contributed by atoms with Crippen molar-refractivity contribution in [2.24, 2.45) is 11.3 Å². The lowest BCUT2D eigenvalue weighted by Crippen LogP contribution is -2.55. The van der Waals surface area contributed by atoms with Crippen LogP contribution in [0.3, 0.4) is 0 Å². The van der Waals surface area contributed by atoms with E-state index in [1.165, 1.54) is 0 Å². The lowest BCUT2D eigenvalue weighted by Gasteiger charge is -2.41. The number of nitrogens with zero attached hydrogens (tertiary/aromatic N) is 1. The van der Waals surface area contributed by atoms with Crippen molar-refractivity contribution in [2.45, 2.75) is 45.4 Å². The van der Waals surface area contributed by atoms with Crippen LogP contribution in [0.5, 0.6) is 0 Å². The summed E-state index contributed by atoms with van der Waals surface area (Å²) in [5.74, 6) is 0.326. The molecule has 0 spiro atoms. The third-order valence-electron chi connectivity index (χ3n) is 4.14. The number of hydroxylamine groups is 2. The highest BCUT2D eigenvalue weighted by atomic mass is 16.7. The molecule has 2 N–H and O–H groups in total. The second kappa shape index (κ2) is 4.72. The van der Waals surface area contributed by atoms with Crippen molar-refractivity contribution >= 4 is 0 Å². The number of hydrogen-bond acceptors (Lipinski definition) is 5. The number of ether oxygens (including phenoxy) is 1. The van der Waals surface area contributed by atoms with E-state index >= 15 is 0 Å². The maximum absolute atomic E-state index is 9.53. The zero-order chi connectivity index (χ0) is 13.6. The first-order chi connectivity index (χ1) is 8.33. The Labute approximate surface area is 109 Å². The summed E-state index contributed by atoms with van der Waals surface area (Å²) >= 11 is 0. The Hall–Kier alpha value is -0.200. The van der Waals surface area contributed by atoms with Crippen molar-refractivity contribution in [1.29, 1.82) is 0 Å². The summed E-state index contributed by atoms with van der Waals surface area (Å²) in [5, 5.41) is 20.9. The number of aliphatic hydroxyl groups is 2. The van der Waals surface area contributed by atoms with Crippen LogP contribution in [0.1, 0.15) is 27.7 Å². The third-order valence-corrected chi connectivity index (χ3v) is 4.14. The Bertz CT molecular complexity index is 277. The summed E-state index contributed by atoms with van der Waals surface area (Å²) in [5.41, 5.74) is -0.742. The third kappa shape index (κ3) is 2.18. The molecule has 0 bridgehead atoms. The molecular formula is C13H25NO4. The van der Waals surface area contributed by atoms with E-state index in [0.717, 1.165) is 0 Å². The van der Waals surface area contributed by atoms with Gasteiger partial charge in [-0.05, 0) is 13.8 Å². The van der Waals surface area contributed by atoms with Gasteiger partial charge in [0.05, 0.1) is 44.1 Å². The predicted octanol–water partition coefficient (Wildman–Crippen LogP) is 0.407. The van der Waals surface area contributed by atoms with Crippen LogP contribution in [0.4, 0.5) is 0 Å². The van der Waals surface area contributed by atoms with Crippen molar-refractivity contribution in [3.05, 3.63) is 0 Å². The van der Waals surface area contributed by atoms with E-state index in [-0.39, 0.29) is 30.8 Å². The highest BCUT2D eigenvalue weighted by Gasteiger charge is 2.55. The summed E-state index contributed by atoms with van der Waals surface area (Å²) < 4.78 is 5.88. The van der Waals surface area contributed by atoms with Gasteiger partial charge in [-0.3, -0.25) is 4.84 Å². The second-order valence-corrected chi connectivity index (χ2v) is 6.74. The molecule has 0 aromatic rings. The van der Waals surface area contributed by atoms with E-state index in [2.05, 4.69) is 0 Å². The van der Waals surface area contributed by atoms with Gasteiger partial charge in [0.25, 0.3) is 0 Å². The van der Waals surface area contributed by atoms with E-state index in [4.69, 9.17) is 9.57 Å². The number of rotatable bonds is 4. The monoisotopic (exact) mass is 259 g/mol. The van der Waals surface area contributed by atoms with Gasteiger partial charge in [0.2, 0.25) is 0 Å². The number of hydrogen-bond donors (Lipinski definition) is 2. The first-order valence-electron chi connectivity index (χ1n) is 6.59. The average molecular weight is 259 g/mol. The average Bonchev–Trinajstić information content (AvgIpc) is 2.89. The molecule has 5 heteroatoms. The molecule has 18 heavy (non-hydrogen) atoms. The summed E-state index contributed by atoms with van der Waals surface area (Å²) in [6, 6.07) is 0.106. The first kappa shape index (κ1) is 14.2. The molecule has 2 heterocycles. The Morgan fingerprint density at radius 2 is 1.78 bits per heavy atom. The Morgan fingerprint density at radius 1 is 1.11 bits per heavy atom. The number of fused-ring (bicyclic) bond motifs is 1. The summed E-state index contributed by atoms with van der Waals surface area (Å²) in [6.07, 6.45) is -0.0687. The molecule has 0 radical (unpaired) electrons. The highest BCUT2D eigenvalue weighted by molar-refractivity contribution is 5.01. The Balaban J connectivity index is 2.22. The van der Waals surface area contributed by atoms with Crippen LogP contribution in [-0.2, 0) is 9.57 Å². The van der Waals surface area contributed by atoms with Crippen LogP contribution < -0.4 is 0 Å². The van der Waals surface area contributed by atoms with Crippen molar-refractivity contribution < 1.29 is 19.8 Å². The fourth-order valence-electron chi connectivity index (χ4n) is 2.82. The van der Waals surface area contributed by atoms with Gasteiger partial charge >= 0.3 is 0 Å². The van der Waals surface area contributed by atoms with Crippen LogP contribution in [-0.4, -0.2) is 59.4 Å². The lowest BCUT2D eigenvalue weighted by atomic mass is 9.80. The van der Waals surface area contributed by atoms with Crippen molar-refractivity contribution in [3.63, 3.8) is 0 Å². The van der Waals surface area contributed by atoms with Gasteiger partial charge in [-0.1, -0.05) is 13.8 Å². The molecule has 0 aromatic heterocycles. The standard InChI is InChI=1S/C13H25NO4/c1-12(2,7-15)11-10-9(5-17-11)6-18-14(10)13(3,4)8-16/h9-11,15-16H,5-8H2,1-4H3/t9-,10+,11+/m0/s1. The molecule has 2 saturated heterocycles. The lowest BCUT2D eigenvalue weighted by molar-refractivity contribution is -0.226. The van der Waals surface area contributed by atoms with Gasteiger partial charge < -0.3 is 14.9 Å². The SMILES string of the molecule is CC(C)(CO)[C@@H]1OC[C@H]2CON(C(C)(C)CO)[C@H]21. The van der Waals surface area contributed by atoms with E-state index in [0.29, 0.717) is 19.1 Å². The zero-order valence-electron chi connectivity index (χ0n) is 11.7. The zero-order valence-corrected chi connectivity index (χ0v) is 11.7. The molecule has 2 fully saturated rings. The number of aliphatic hydroxyl groups excluding tert-OH is 2. The molecule has 106 valence electrons. The van der Waals surface area contributed by atoms with Crippen molar-refractivity contribution in [2.75, 3.05) is 26.4 Å². The Kier molecular flexibility index (Phi) is 3.73. The van der Waals surface area contributed by atoms with Gasteiger partial charge in [0.1, 0.15) is 0 Å². The van der Waals surface area contributed by atoms with E-state index < -0.39 is 5.54 Å². The molecule has 5 nitrogen and oxygen atoms in total. The molecule has 2 aliphatic heterocycles. The maximum atomic E-state index is 9.53. The van der Waals surface area contributed by atoms with Crippen LogP contribution in [0.2, 0.25) is 0 Å². The highest BCUT2D eigenvalue weighted by Crippen LogP contribution is 2.42. The fraction of sp³-hybridized carbons (Fsp3) is 1.00. The molecular weight excluding hydrogens is 234 g/mol. The summed E-state index contributed by atoms with van der Waals surface area (Å²) in [6.45, 7) is 9.32. The molecule has 0 aliphatic carbocycles. The predicted molar refractivity (Wildman–Crippen MR) is 66.8 cm³/mol. The van der Waals surface area contributed by atoms with Crippen LogP contribution >= 0.6 is 0 Å². The largest absolute Gasteiger partial charge is 0.396 e. The van der Waals surface area contributed by atoms with E-state index in [9.17, 15) is 10.2 Å². The maximum Gasteiger partial charge on any atom is 0.0831 e. The van der Waals surface area contributed by atoms with Gasteiger partial charge in [-0.2, -0.15) is 5.06 Å². The van der Waals surface area contributed by atoms with E-state index in [1.807, 2.05) is 32.8 Å². The molecule has 0 unspecified atom stereocenters. The molecule has 0 saturated carbocycles. The van der Waals surface area contributed by atoms with Crippen LogP contribution in [0.25, 0.3) is 0 Å². The minimum atomic E-state index is -0.434. The van der Waals surface area contributed by atoms with Crippen molar-refractivity contribution in [1.82, 2.24) is 5.06 Å². The van der Waals surface area contributed by atoms with Gasteiger partial charge in [-0.25, -0.2) is 0 Å². The van der Waals surface area contributed by atoms with Gasteiger partial charge in [0.15, 0.2) is 0 Å². The summed E-state index contributed by atoms with van der Waals surface area (Å²) in [4.78, 5) is 5.76. The van der Waals surface area contributed by atoms with Gasteiger partial charge in [-0.15, -0.1) is 0 Å². The summed E-state index contributed by atoms with van der Waals surface area (Å²) in [7, 11) is 0. The minimum absolute atomic E-state index is 0.0303.